The van der Waals surface area contributed by atoms with Gasteiger partial charge in [-0.05, 0) is 72.5 Å². The van der Waals surface area contributed by atoms with Crippen LogP contribution in [0.2, 0.25) is 0 Å². The largest absolute Gasteiger partial charge is 0.649 e. The molecule has 0 aliphatic heterocycles. The van der Waals surface area contributed by atoms with Crippen molar-refractivity contribution in [1.82, 2.24) is 24.5 Å². The maximum Gasteiger partial charge on any atom is 0.494 e. The van der Waals surface area contributed by atoms with E-state index in [0.717, 1.165) is 27.9 Å². The second-order valence-electron chi connectivity index (χ2n) is 12.6. The van der Waals surface area contributed by atoms with Gasteiger partial charge in [-0.25, -0.2) is 4.98 Å². The molecule has 10 rings (SSSR count). The fraction of sp³-hybridized carbons (Fsp3) is 0.0833. The van der Waals surface area contributed by atoms with Crippen molar-refractivity contribution in [2.75, 3.05) is 0 Å². The number of para-hydroxylation sites is 4. The zero-order valence-corrected chi connectivity index (χ0v) is 34.4. The summed E-state index contributed by atoms with van der Waals surface area (Å²) in [6.07, 6.45) is 3.56. The SMILES string of the molecule is [2H]C([2H])([2H])c1ccc2c(n1)oc1c(-c3nc4ccccc4n3-c3ccccc3C([2H])(C)C([2H])([2H])[2H])[c-]ccc12.[AlH][O]c1cccc2cccnc12.[Ir].[c-]1ccccc1-c1ccccn1. The number of imidazole rings is 1. The minimum atomic E-state index is -2.59. The molecule has 0 spiro atoms. The molecule has 57 heavy (non-hydrogen) atoms. The number of benzene rings is 5. The minimum absolute atomic E-state index is 0. The van der Waals surface area contributed by atoms with E-state index in [9.17, 15) is 0 Å². The molecule has 0 amide bonds. The molecule has 0 saturated carbocycles. The van der Waals surface area contributed by atoms with Gasteiger partial charge in [-0.1, -0.05) is 85.4 Å². The maximum atomic E-state index is 8.84. The molecule has 0 aliphatic rings. The quantitative estimate of drug-likeness (QED) is 0.126. The third-order valence-electron chi connectivity index (χ3n) is 9.03. The van der Waals surface area contributed by atoms with Crippen molar-refractivity contribution in [2.24, 2.45) is 0 Å². The fourth-order valence-corrected chi connectivity index (χ4v) is 6.71. The average Bonchev–Trinajstić information content (AvgIpc) is 3.88. The summed E-state index contributed by atoms with van der Waals surface area (Å²) in [5, 5.41) is 2.47. The van der Waals surface area contributed by atoms with Crippen LogP contribution in [-0.2, 0) is 20.1 Å². The molecular formula is C48H37AlIrN5O2-2. The number of nitrogens with zero attached hydrogens (tertiary/aromatic N) is 5. The zero-order chi connectivity index (χ0) is 44.4. The average molecular weight is 942 g/mol. The van der Waals surface area contributed by atoms with E-state index in [1.807, 2.05) is 108 Å². The maximum absolute atomic E-state index is 8.84. The van der Waals surface area contributed by atoms with Crippen LogP contribution in [0.3, 0.4) is 0 Å². The smallest absolute Gasteiger partial charge is 0.494 e. The molecule has 5 aromatic heterocycles. The fourth-order valence-electron chi connectivity index (χ4n) is 6.48. The second-order valence-corrected chi connectivity index (χ2v) is 12.9. The van der Waals surface area contributed by atoms with Crippen LogP contribution in [0.25, 0.3) is 72.3 Å². The van der Waals surface area contributed by atoms with Crippen molar-refractivity contribution in [3.8, 4) is 34.1 Å². The van der Waals surface area contributed by atoms with Gasteiger partial charge in [0.2, 0.25) is 5.71 Å². The molecule has 1 unspecified atom stereocenters. The number of furan rings is 1. The Morgan fingerprint density at radius 2 is 1.60 bits per heavy atom. The molecule has 10 aromatic rings. The van der Waals surface area contributed by atoms with Crippen molar-refractivity contribution in [3.05, 3.63) is 181 Å². The van der Waals surface area contributed by atoms with Gasteiger partial charge < -0.3 is 17.8 Å². The molecule has 5 aromatic carbocycles. The second kappa shape index (κ2) is 17.9. The van der Waals surface area contributed by atoms with Crippen LogP contribution >= 0.6 is 0 Å². The van der Waals surface area contributed by atoms with Crippen LogP contribution < -0.4 is 3.79 Å². The third-order valence-corrected chi connectivity index (χ3v) is 9.34. The van der Waals surface area contributed by atoms with E-state index in [1.165, 1.54) is 29.6 Å². The van der Waals surface area contributed by atoms with Crippen LogP contribution in [-0.4, -0.2) is 41.1 Å². The molecule has 0 N–H and O–H groups in total. The van der Waals surface area contributed by atoms with Gasteiger partial charge in [-0.3, -0.25) is 9.97 Å². The van der Waals surface area contributed by atoms with Gasteiger partial charge in [-0.15, -0.1) is 54.1 Å². The molecule has 0 bridgehead atoms. The summed E-state index contributed by atoms with van der Waals surface area (Å²) < 4.78 is 69.3. The van der Waals surface area contributed by atoms with Crippen molar-refractivity contribution < 1.29 is 37.9 Å². The van der Waals surface area contributed by atoms with Gasteiger partial charge in [-0.2, -0.15) is 0 Å². The summed E-state index contributed by atoms with van der Waals surface area (Å²) in [4.78, 5) is 17.6. The van der Waals surface area contributed by atoms with Crippen LogP contribution in [0.5, 0.6) is 5.75 Å². The van der Waals surface area contributed by atoms with Gasteiger partial charge in [0.25, 0.3) is 0 Å². The zero-order valence-electron chi connectivity index (χ0n) is 37.6. The first-order valence-corrected chi connectivity index (χ1v) is 18.3. The third kappa shape index (κ3) is 8.30. The summed E-state index contributed by atoms with van der Waals surface area (Å²) in [7, 11) is 0. The van der Waals surface area contributed by atoms with E-state index in [4.69, 9.17) is 22.8 Å². The van der Waals surface area contributed by atoms with Gasteiger partial charge in [0.05, 0.1) is 22.4 Å². The first-order valence-electron chi connectivity index (χ1n) is 21.2. The van der Waals surface area contributed by atoms with E-state index in [-0.39, 0.29) is 31.5 Å². The summed E-state index contributed by atoms with van der Waals surface area (Å²) in [6.45, 7) is -3.58. The molecule has 1 atom stereocenters. The topological polar surface area (TPSA) is 78.9 Å². The number of rotatable bonds is 5. The number of fused-ring (bicyclic) bond motifs is 5. The first-order chi connectivity index (χ1) is 30.3. The van der Waals surface area contributed by atoms with Crippen LogP contribution in [0, 0.1) is 19.0 Å². The van der Waals surface area contributed by atoms with E-state index in [1.54, 1.807) is 48.8 Å². The predicted molar refractivity (Wildman–Crippen MR) is 227 cm³/mol. The van der Waals surface area contributed by atoms with Gasteiger partial charge in [0.15, 0.2) is 0 Å². The molecular weight excluding hydrogens is 898 g/mol. The summed E-state index contributed by atoms with van der Waals surface area (Å²) in [6, 6.07) is 51.0. The number of hydrogen-bond acceptors (Lipinski definition) is 6. The van der Waals surface area contributed by atoms with E-state index in [2.05, 4.69) is 27.1 Å². The van der Waals surface area contributed by atoms with E-state index >= 15 is 0 Å². The first kappa shape index (κ1) is 31.2. The molecule has 2 radical (unpaired) electrons. The van der Waals surface area contributed by atoms with E-state index < -0.39 is 19.6 Å². The number of aromatic nitrogens is 5. The van der Waals surface area contributed by atoms with Gasteiger partial charge >= 0.3 is 16.6 Å². The Balaban J connectivity index is 0.000000198. The normalized spacial score (nSPS) is 14.1. The summed E-state index contributed by atoms with van der Waals surface area (Å²) in [5.74, 6) is -0.631. The molecule has 7 nitrogen and oxygen atoms in total. The number of aryl methyl sites for hydroxylation is 1. The number of hydrogen-bond donors (Lipinski definition) is 0. The molecule has 0 saturated heterocycles. The number of pyridine rings is 3. The Bertz CT molecular complexity index is 3150. The minimum Gasteiger partial charge on any atom is -0.649 e. The molecule has 0 aliphatic carbocycles. The predicted octanol–water partition coefficient (Wildman–Crippen LogP) is 11.2. The molecule has 5 heterocycles. The van der Waals surface area contributed by atoms with Gasteiger partial charge in [0.1, 0.15) is 11.3 Å². The monoisotopic (exact) mass is 942 g/mol. The van der Waals surface area contributed by atoms with E-state index in [0.29, 0.717) is 50.0 Å². The van der Waals surface area contributed by atoms with Crippen molar-refractivity contribution in [2.45, 2.75) is 26.5 Å². The Hall–Kier alpha value is -5.94. The van der Waals surface area contributed by atoms with Crippen LogP contribution in [0.4, 0.5) is 0 Å². The standard InChI is InChI=1S/C28H22N3O.C11H8N.C9H7NO.Al.Ir.H/c1-17(2)19-9-4-6-13-24(19)31-25-14-7-5-12-23(25)30-27(31)22-11-8-10-20-21-16-15-18(3)29-28(21)32-26(20)22;1-2-6-10(7-3-1)11-8-4-5-9-12-11;11-8-5-1-3-7-4-2-6-10-9(7)8;;;/h4-10,12-17H,1-3H3;1-6,8-9H;1-6,11H;;;/q2*-1;;+1;;/p-1/i1D3,3D3,17D;;;;;. The summed E-state index contributed by atoms with van der Waals surface area (Å²) >= 11 is 1.47. The molecule has 9 heteroatoms. The Labute approximate surface area is 363 Å². The van der Waals surface area contributed by atoms with Crippen LogP contribution in [0.1, 0.15) is 40.5 Å². The van der Waals surface area contributed by atoms with Crippen molar-refractivity contribution in [1.29, 1.82) is 0 Å². The summed E-state index contributed by atoms with van der Waals surface area (Å²) in [5.41, 5.74) is 6.15. The van der Waals surface area contributed by atoms with Crippen molar-refractivity contribution in [3.63, 3.8) is 0 Å². The Morgan fingerprint density at radius 1 is 0.772 bits per heavy atom. The molecule has 280 valence electrons. The Morgan fingerprint density at radius 3 is 2.42 bits per heavy atom. The molecule has 0 fully saturated rings. The Kier molecular flexibility index (Phi) is 9.79. The van der Waals surface area contributed by atoms with Crippen LogP contribution in [0.15, 0.2) is 162 Å². The van der Waals surface area contributed by atoms with Gasteiger partial charge in [0, 0.05) is 64.2 Å². The van der Waals surface area contributed by atoms with Crippen molar-refractivity contribution >= 4 is 60.6 Å².